The number of nitrogens with zero attached hydrogens (tertiary/aromatic N) is 1. The average molecular weight is 269 g/mol. The second kappa shape index (κ2) is 6.24. The molecule has 0 saturated carbocycles. The van der Waals surface area contributed by atoms with Crippen molar-refractivity contribution in [1.29, 1.82) is 0 Å². The smallest absolute Gasteiger partial charge is 0.331 e. The standard InChI is InChI=1S/C17H19NO2/c1-13(2)18(15-11-7-4-8-12-15)16(17(19)20)14-9-5-3-6-10-14/h3-13,16H,1-2H3,(H,19,20). The van der Waals surface area contributed by atoms with E-state index in [9.17, 15) is 9.90 Å². The summed E-state index contributed by atoms with van der Waals surface area (Å²) in [7, 11) is 0. The number of hydrogen-bond donors (Lipinski definition) is 1. The zero-order valence-electron chi connectivity index (χ0n) is 11.7. The summed E-state index contributed by atoms with van der Waals surface area (Å²) in [4.78, 5) is 13.7. The molecule has 2 rings (SSSR count). The maximum atomic E-state index is 11.8. The van der Waals surface area contributed by atoms with Crippen molar-refractivity contribution in [3.05, 3.63) is 66.2 Å². The number of aliphatic carboxylic acids is 1. The van der Waals surface area contributed by atoms with Gasteiger partial charge in [-0.2, -0.15) is 0 Å². The molecule has 0 aliphatic heterocycles. The van der Waals surface area contributed by atoms with E-state index in [2.05, 4.69) is 0 Å². The third-order valence-electron chi connectivity index (χ3n) is 3.24. The Labute approximate surface area is 119 Å². The highest BCUT2D eigenvalue weighted by Crippen LogP contribution is 2.29. The van der Waals surface area contributed by atoms with E-state index in [0.717, 1.165) is 11.3 Å². The van der Waals surface area contributed by atoms with Gasteiger partial charge in [0.1, 0.15) is 0 Å². The lowest BCUT2D eigenvalue weighted by Crippen LogP contribution is -2.39. The molecule has 0 aliphatic rings. The average Bonchev–Trinajstić information content (AvgIpc) is 2.45. The largest absolute Gasteiger partial charge is 0.479 e. The van der Waals surface area contributed by atoms with Crippen molar-refractivity contribution in [1.82, 2.24) is 0 Å². The molecule has 3 nitrogen and oxygen atoms in total. The number of carboxylic acid groups (broad SMARTS) is 1. The fourth-order valence-corrected chi connectivity index (χ4v) is 2.40. The van der Waals surface area contributed by atoms with Crippen molar-refractivity contribution < 1.29 is 9.90 Å². The van der Waals surface area contributed by atoms with Gasteiger partial charge in [-0.15, -0.1) is 0 Å². The monoisotopic (exact) mass is 269 g/mol. The van der Waals surface area contributed by atoms with Gasteiger partial charge in [-0.05, 0) is 31.5 Å². The number of anilines is 1. The van der Waals surface area contributed by atoms with Crippen LogP contribution in [-0.4, -0.2) is 17.1 Å². The summed E-state index contributed by atoms with van der Waals surface area (Å²) in [5.74, 6) is -0.839. The lowest BCUT2D eigenvalue weighted by Gasteiger charge is -2.34. The van der Waals surface area contributed by atoms with E-state index in [1.54, 1.807) is 0 Å². The molecule has 104 valence electrons. The highest BCUT2D eigenvalue weighted by Gasteiger charge is 2.29. The Morgan fingerprint density at radius 2 is 1.45 bits per heavy atom. The molecule has 1 atom stereocenters. The second-order valence-corrected chi connectivity index (χ2v) is 4.99. The summed E-state index contributed by atoms with van der Waals surface area (Å²) in [5, 5.41) is 9.67. The van der Waals surface area contributed by atoms with Crippen LogP contribution in [0.2, 0.25) is 0 Å². The van der Waals surface area contributed by atoms with Gasteiger partial charge in [0, 0.05) is 11.7 Å². The molecule has 1 unspecified atom stereocenters. The molecule has 0 heterocycles. The summed E-state index contributed by atoms with van der Waals surface area (Å²) in [6.45, 7) is 4.01. The fraction of sp³-hybridized carbons (Fsp3) is 0.235. The van der Waals surface area contributed by atoms with Crippen LogP contribution >= 0.6 is 0 Å². The van der Waals surface area contributed by atoms with Gasteiger partial charge in [0.2, 0.25) is 0 Å². The molecule has 2 aromatic carbocycles. The number of hydrogen-bond acceptors (Lipinski definition) is 2. The predicted molar refractivity (Wildman–Crippen MR) is 80.9 cm³/mol. The van der Waals surface area contributed by atoms with Gasteiger partial charge in [0.05, 0.1) is 0 Å². The third-order valence-corrected chi connectivity index (χ3v) is 3.24. The van der Waals surface area contributed by atoms with Crippen LogP contribution in [0.1, 0.15) is 25.5 Å². The molecule has 2 aromatic rings. The quantitative estimate of drug-likeness (QED) is 0.899. The molecule has 3 heteroatoms. The summed E-state index contributed by atoms with van der Waals surface area (Å²) < 4.78 is 0. The van der Waals surface area contributed by atoms with E-state index in [1.807, 2.05) is 79.4 Å². The topological polar surface area (TPSA) is 40.5 Å². The molecule has 0 radical (unpaired) electrons. The van der Waals surface area contributed by atoms with Gasteiger partial charge >= 0.3 is 5.97 Å². The summed E-state index contributed by atoms with van der Waals surface area (Å²) >= 11 is 0. The Morgan fingerprint density at radius 3 is 1.90 bits per heavy atom. The highest BCUT2D eigenvalue weighted by molar-refractivity contribution is 5.80. The maximum Gasteiger partial charge on any atom is 0.331 e. The number of benzene rings is 2. The van der Waals surface area contributed by atoms with E-state index in [0.29, 0.717) is 0 Å². The Balaban J connectivity index is 2.47. The van der Waals surface area contributed by atoms with Crippen molar-refractivity contribution in [2.24, 2.45) is 0 Å². The number of carbonyl (C=O) groups is 1. The summed E-state index contributed by atoms with van der Waals surface area (Å²) in [5.41, 5.74) is 1.70. The van der Waals surface area contributed by atoms with E-state index in [1.165, 1.54) is 0 Å². The molecule has 0 bridgehead atoms. The normalized spacial score (nSPS) is 12.2. The fourth-order valence-electron chi connectivity index (χ4n) is 2.40. The van der Waals surface area contributed by atoms with Crippen LogP contribution in [0.25, 0.3) is 0 Å². The Bertz CT molecular complexity index is 552. The maximum absolute atomic E-state index is 11.8. The molecule has 1 N–H and O–H groups in total. The van der Waals surface area contributed by atoms with Gasteiger partial charge in [-0.3, -0.25) is 0 Å². The minimum Gasteiger partial charge on any atom is -0.479 e. The number of para-hydroxylation sites is 1. The lowest BCUT2D eigenvalue weighted by molar-refractivity contribution is -0.138. The predicted octanol–water partition coefficient (Wildman–Crippen LogP) is 3.73. The minimum absolute atomic E-state index is 0.0821. The van der Waals surface area contributed by atoms with Gasteiger partial charge < -0.3 is 10.0 Å². The molecule has 0 aliphatic carbocycles. The van der Waals surface area contributed by atoms with Gasteiger partial charge in [0.15, 0.2) is 6.04 Å². The van der Waals surface area contributed by atoms with Crippen molar-refractivity contribution in [3.8, 4) is 0 Å². The number of rotatable bonds is 5. The molecule has 0 saturated heterocycles. The van der Waals surface area contributed by atoms with Gasteiger partial charge in [0.25, 0.3) is 0 Å². The van der Waals surface area contributed by atoms with Crippen LogP contribution in [0, 0.1) is 0 Å². The third kappa shape index (κ3) is 2.99. The molecule has 0 aromatic heterocycles. The zero-order valence-corrected chi connectivity index (χ0v) is 11.7. The van der Waals surface area contributed by atoms with Crippen LogP contribution in [0.5, 0.6) is 0 Å². The first-order valence-corrected chi connectivity index (χ1v) is 6.72. The second-order valence-electron chi connectivity index (χ2n) is 4.99. The first-order chi connectivity index (χ1) is 9.61. The molecule has 0 amide bonds. The molecule has 0 fully saturated rings. The molecule has 20 heavy (non-hydrogen) atoms. The van der Waals surface area contributed by atoms with Crippen LogP contribution in [0.4, 0.5) is 5.69 Å². The van der Waals surface area contributed by atoms with Gasteiger partial charge in [-0.25, -0.2) is 4.79 Å². The number of carboxylic acids is 1. The van der Waals surface area contributed by atoms with E-state index < -0.39 is 12.0 Å². The van der Waals surface area contributed by atoms with E-state index in [4.69, 9.17) is 0 Å². The first-order valence-electron chi connectivity index (χ1n) is 6.72. The van der Waals surface area contributed by atoms with Crippen LogP contribution in [0.15, 0.2) is 60.7 Å². The van der Waals surface area contributed by atoms with Crippen molar-refractivity contribution in [3.63, 3.8) is 0 Å². The highest BCUT2D eigenvalue weighted by atomic mass is 16.4. The summed E-state index contributed by atoms with van der Waals surface area (Å²) in [6.07, 6.45) is 0. The zero-order chi connectivity index (χ0) is 14.5. The van der Waals surface area contributed by atoms with E-state index >= 15 is 0 Å². The van der Waals surface area contributed by atoms with E-state index in [-0.39, 0.29) is 6.04 Å². The van der Waals surface area contributed by atoms with Gasteiger partial charge in [-0.1, -0.05) is 48.5 Å². The van der Waals surface area contributed by atoms with Crippen molar-refractivity contribution in [2.45, 2.75) is 25.9 Å². The van der Waals surface area contributed by atoms with Crippen LogP contribution in [-0.2, 0) is 4.79 Å². The van der Waals surface area contributed by atoms with Crippen LogP contribution in [0.3, 0.4) is 0 Å². The Morgan fingerprint density at radius 1 is 0.950 bits per heavy atom. The molecular formula is C17H19NO2. The summed E-state index contributed by atoms with van der Waals surface area (Å²) in [6, 6.07) is 18.4. The SMILES string of the molecule is CC(C)N(c1ccccc1)C(C(=O)O)c1ccccc1. The lowest BCUT2D eigenvalue weighted by atomic mass is 10.0. The van der Waals surface area contributed by atoms with Crippen LogP contribution < -0.4 is 4.90 Å². The van der Waals surface area contributed by atoms with Crippen molar-refractivity contribution >= 4 is 11.7 Å². The minimum atomic E-state index is -0.839. The Hall–Kier alpha value is -2.29. The first kappa shape index (κ1) is 14.1. The molecule has 0 spiro atoms. The van der Waals surface area contributed by atoms with Crippen molar-refractivity contribution in [2.75, 3.05) is 4.90 Å². The Kier molecular flexibility index (Phi) is 4.41. The molecular weight excluding hydrogens is 250 g/mol.